The lowest BCUT2D eigenvalue weighted by Crippen LogP contribution is -2.32. The topological polar surface area (TPSA) is 132 Å². The van der Waals surface area contributed by atoms with Gasteiger partial charge in [-0.1, -0.05) is 60.1 Å². The van der Waals surface area contributed by atoms with Crippen LogP contribution in [-0.2, 0) is 4.79 Å². The fourth-order valence-corrected chi connectivity index (χ4v) is 3.77. The van der Waals surface area contributed by atoms with Gasteiger partial charge in [-0.25, -0.2) is 10.1 Å². The van der Waals surface area contributed by atoms with E-state index in [-0.39, 0.29) is 11.4 Å². The zero-order valence-electron chi connectivity index (χ0n) is 20.0. The minimum atomic E-state index is -0.749. The van der Waals surface area contributed by atoms with Gasteiger partial charge in [-0.3, -0.25) is 19.7 Å². The number of nitro groups is 1. The van der Waals surface area contributed by atoms with Gasteiger partial charge in [0.15, 0.2) is 0 Å². The molecule has 0 saturated carbocycles. The number of nitrogens with zero attached hydrogens (tertiary/aromatic N) is 4. The number of carbonyl (C=O) groups is 2. The molecular weight excluding hydrogens is 508 g/mol. The van der Waals surface area contributed by atoms with Crippen molar-refractivity contribution in [3.05, 3.63) is 128 Å². The van der Waals surface area contributed by atoms with Gasteiger partial charge in [0.2, 0.25) is 0 Å². The minimum Gasteiger partial charge on any atom is -0.317 e. The van der Waals surface area contributed by atoms with Crippen molar-refractivity contribution in [1.82, 2.24) is 20.5 Å². The number of hydrogen-bond acceptors (Lipinski definition) is 6. The lowest BCUT2D eigenvalue weighted by atomic mass is 10.1. The molecule has 0 fully saturated rings. The van der Waals surface area contributed by atoms with Crippen molar-refractivity contribution in [3.63, 3.8) is 0 Å². The van der Waals surface area contributed by atoms with Crippen LogP contribution in [0.5, 0.6) is 0 Å². The van der Waals surface area contributed by atoms with E-state index >= 15 is 0 Å². The highest BCUT2D eigenvalue weighted by Crippen LogP contribution is 2.22. The first-order chi connectivity index (χ1) is 18.3. The van der Waals surface area contributed by atoms with E-state index in [1.807, 2.05) is 30.3 Å². The highest BCUT2D eigenvalue weighted by Gasteiger charge is 2.16. The van der Waals surface area contributed by atoms with Crippen LogP contribution in [0.25, 0.3) is 11.8 Å². The second kappa shape index (κ2) is 11.8. The summed E-state index contributed by atoms with van der Waals surface area (Å²) in [5.41, 5.74) is 4.54. The van der Waals surface area contributed by atoms with Gasteiger partial charge in [0, 0.05) is 17.7 Å². The van der Waals surface area contributed by atoms with Gasteiger partial charge in [0.1, 0.15) is 10.9 Å². The van der Waals surface area contributed by atoms with Crippen LogP contribution in [0.2, 0.25) is 5.15 Å². The molecule has 11 heteroatoms. The second-order valence-corrected chi connectivity index (χ2v) is 8.32. The number of nitro benzene ring substituents is 1. The Labute approximate surface area is 222 Å². The molecule has 0 aliphatic heterocycles. The number of rotatable bonds is 8. The van der Waals surface area contributed by atoms with Gasteiger partial charge in [-0.05, 0) is 42.8 Å². The second-order valence-electron chi connectivity index (χ2n) is 7.97. The highest BCUT2D eigenvalue weighted by molar-refractivity contribution is 6.32. The normalized spacial score (nSPS) is 11.4. The molecular formula is C27H21ClN6O4. The smallest absolute Gasteiger partial charge is 0.287 e. The quantitative estimate of drug-likeness (QED) is 0.148. The predicted octanol–water partition coefficient (Wildman–Crippen LogP) is 4.66. The maximum absolute atomic E-state index is 13.0. The average molecular weight is 529 g/mol. The number of carbonyl (C=O) groups excluding carboxylic acids is 2. The Balaban J connectivity index is 1.59. The maximum Gasteiger partial charge on any atom is 0.287 e. The molecule has 0 bridgehead atoms. The van der Waals surface area contributed by atoms with E-state index in [4.69, 9.17) is 11.6 Å². The fraction of sp³-hybridized carbons (Fsp3) is 0.0370. The number of nitrogens with one attached hydrogen (secondary N) is 2. The Morgan fingerprint density at radius 3 is 2.39 bits per heavy atom. The SMILES string of the molecule is Cc1nn(-c2ccccc2)c(Cl)c1C=NNC(=O)C(=Cc1cccc([N+](=O)[O-])c1)NC(=O)c1ccccc1. The average Bonchev–Trinajstić information content (AvgIpc) is 3.22. The summed E-state index contributed by atoms with van der Waals surface area (Å²) in [6.45, 7) is 1.75. The van der Waals surface area contributed by atoms with Crippen LogP contribution in [0, 0.1) is 17.0 Å². The maximum atomic E-state index is 13.0. The number of aromatic nitrogens is 2. The van der Waals surface area contributed by atoms with E-state index in [1.54, 1.807) is 48.0 Å². The number of halogens is 1. The first kappa shape index (κ1) is 26.0. The Morgan fingerprint density at radius 1 is 1.03 bits per heavy atom. The Kier molecular flexibility index (Phi) is 8.04. The van der Waals surface area contributed by atoms with Crippen molar-refractivity contribution in [2.75, 3.05) is 0 Å². The minimum absolute atomic E-state index is 0.161. The van der Waals surface area contributed by atoms with Crippen molar-refractivity contribution < 1.29 is 14.5 Å². The molecule has 4 aromatic rings. The van der Waals surface area contributed by atoms with Crippen LogP contribution in [-0.4, -0.2) is 32.7 Å². The van der Waals surface area contributed by atoms with E-state index < -0.39 is 16.7 Å². The summed E-state index contributed by atoms with van der Waals surface area (Å²) in [4.78, 5) is 36.4. The van der Waals surface area contributed by atoms with Crippen LogP contribution in [0.1, 0.15) is 27.2 Å². The van der Waals surface area contributed by atoms with Crippen molar-refractivity contribution in [2.24, 2.45) is 5.10 Å². The van der Waals surface area contributed by atoms with Crippen LogP contribution in [0.15, 0.2) is 95.7 Å². The Hall–Kier alpha value is -5.09. The molecule has 2 N–H and O–H groups in total. The molecule has 190 valence electrons. The van der Waals surface area contributed by atoms with Gasteiger partial charge in [0.05, 0.1) is 28.1 Å². The van der Waals surface area contributed by atoms with Crippen LogP contribution < -0.4 is 10.7 Å². The van der Waals surface area contributed by atoms with Gasteiger partial charge in [-0.2, -0.15) is 10.2 Å². The van der Waals surface area contributed by atoms with Crippen molar-refractivity contribution in [1.29, 1.82) is 0 Å². The van der Waals surface area contributed by atoms with E-state index in [0.29, 0.717) is 27.5 Å². The summed E-state index contributed by atoms with van der Waals surface area (Å²) >= 11 is 6.50. The molecule has 4 rings (SSSR count). The third kappa shape index (κ3) is 6.18. The standard InChI is InChI=1S/C27H21ClN6O4/c1-18-23(25(28)33(32-18)21-12-6-3-7-13-21)17-29-31-27(36)24(30-26(35)20-10-4-2-5-11-20)16-19-9-8-14-22(15-19)34(37)38/h2-17H,1H3,(H,30,35)(H,31,36). The molecule has 1 aromatic heterocycles. The third-order valence-corrected chi connectivity index (χ3v) is 5.69. The van der Waals surface area contributed by atoms with Gasteiger partial charge < -0.3 is 5.32 Å². The molecule has 0 aliphatic carbocycles. The molecule has 0 unspecified atom stereocenters. The van der Waals surface area contributed by atoms with Crippen LogP contribution >= 0.6 is 11.6 Å². The first-order valence-electron chi connectivity index (χ1n) is 11.3. The molecule has 0 saturated heterocycles. The largest absolute Gasteiger partial charge is 0.317 e. The van der Waals surface area contributed by atoms with Gasteiger partial charge >= 0.3 is 0 Å². The molecule has 0 aliphatic rings. The fourth-order valence-electron chi connectivity index (χ4n) is 3.45. The summed E-state index contributed by atoms with van der Waals surface area (Å²) in [6.07, 6.45) is 2.68. The number of benzene rings is 3. The summed E-state index contributed by atoms with van der Waals surface area (Å²) in [7, 11) is 0. The lowest BCUT2D eigenvalue weighted by Gasteiger charge is -2.09. The molecule has 10 nitrogen and oxygen atoms in total. The van der Waals surface area contributed by atoms with E-state index in [1.165, 1.54) is 30.5 Å². The first-order valence-corrected chi connectivity index (χ1v) is 11.7. The Morgan fingerprint density at radius 2 is 1.71 bits per heavy atom. The third-order valence-electron chi connectivity index (χ3n) is 5.33. The molecule has 2 amide bonds. The van der Waals surface area contributed by atoms with E-state index in [0.717, 1.165) is 5.69 Å². The predicted molar refractivity (Wildman–Crippen MR) is 144 cm³/mol. The molecule has 0 radical (unpaired) electrons. The Bertz CT molecular complexity index is 1550. The number of non-ortho nitro benzene ring substituents is 1. The van der Waals surface area contributed by atoms with Crippen molar-refractivity contribution in [2.45, 2.75) is 6.92 Å². The lowest BCUT2D eigenvalue weighted by molar-refractivity contribution is -0.384. The van der Waals surface area contributed by atoms with Crippen LogP contribution in [0.3, 0.4) is 0 Å². The number of aryl methyl sites for hydroxylation is 1. The molecule has 0 spiro atoms. The van der Waals surface area contributed by atoms with Gasteiger partial charge in [0.25, 0.3) is 17.5 Å². The van der Waals surface area contributed by atoms with E-state index in [2.05, 4.69) is 20.9 Å². The molecule has 1 heterocycles. The molecule has 0 atom stereocenters. The molecule has 3 aromatic carbocycles. The summed E-state index contributed by atoms with van der Waals surface area (Å²) in [5.74, 6) is -1.29. The number of para-hydroxylation sites is 1. The number of hydrazone groups is 1. The van der Waals surface area contributed by atoms with E-state index in [9.17, 15) is 19.7 Å². The summed E-state index contributed by atoms with van der Waals surface area (Å²) in [5, 5.41) is 22.4. The zero-order chi connectivity index (χ0) is 27.1. The van der Waals surface area contributed by atoms with Gasteiger partial charge in [-0.15, -0.1) is 0 Å². The summed E-state index contributed by atoms with van der Waals surface area (Å²) < 4.78 is 1.55. The van der Waals surface area contributed by atoms with Crippen molar-refractivity contribution in [3.8, 4) is 5.69 Å². The van der Waals surface area contributed by atoms with Crippen LogP contribution in [0.4, 0.5) is 5.69 Å². The van der Waals surface area contributed by atoms with Crippen molar-refractivity contribution >= 4 is 41.4 Å². The monoisotopic (exact) mass is 528 g/mol. The number of hydrogen-bond donors (Lipinski definition) is 2. The summed E-state index contributed by atoms with van der Waals surface area (Å²) in [6, 6.07) is 23.2. The molecule has 38 heavy (non-hydrogen) atoms. The highest BCUT2D eigenvalue weighted by atomic mass is 35.5. The zero-order valence-corrected chi connectivity index (χ0v) is 20.8. The number of amides is 2.